The number of benzene rings is 2. The zero-order chi connectivity index (χ0) is 22.5. The van der Waals surface area contributed by atoms with E-state index in [9.17, 15) is 9.59 Å². The van der Waals surface area contributed by atoms with E-state index in [2.05, 4.69) is 29.2 Å². The molecule has 4 rings (SSSR count). The van der Waals surface area contributed by atoms with Gasteiger partial charge in [0.1, 0.15) is 5.75 Å². The van der Waals surface area contributed by atoms with Crippen LogP contribution in [0, 0.1) is 11.8 Å². The number of hydrogen-bond donors (Lipinski definition) is 0. The Morgan fingerprint density at radius 2 is 1.75 bits per heavy atom. The lowest BCUT2D eigenvalue weighted by atomic mass is 9.94. The van der Waals surface area contributed by atoms with E-state index < -0.39 is 0 Å². The van der Waals surface area contributed by atoms with E-state index in [1.165, 1.54) is 5.69 Å². The molecule has 2 aliphatic heterocycles. The third kappa shape index (κ3) is 5.06. The fourth-order valence-corrected chi connectivity index (χ4v) is 4.91. The lowest BCUT2D eigenvalue weighted by molar-refractivity contribution is -0.136. The van der Waals surface area contributed by atoms with Gasteiger partial charge in [-0.2, -0.15) is 0 Å². The lowest BCUT2D eigenvalue weighted by Gasteiger charge is -2.34. The smallest absolute Gasteiger partial charge is 0.253 e. The van der Waals surface area contributed by atoms with Gasteiger partial charge in [0.15, 0.2) is 0 Å². The topological polar surface area (TPSA) is 53.1 Å². The molecule has 1 atom stereocenters. The van der Waals surface area contributed by atoms with Gasteiger partial charge in [-0.1, -0.05) is 24.3 Å². The quantitative estimate of drug-likeness (QED) is 0.697. The summed E-state index contributed by atoms with van der Waals surface area (Å²) < 4.78 is 5.23. The Labute approximate surface area is 190 Å². The van der Waals surface area contributed by atoms with E-state index in [-0.39, 0.29) is 17.7 Å². The van der Waals surface area contributed by atoms with Crippen LogP contribution in [0.25, 0.3) is 0 Å². The normalized spacial score (nSPS) is 19.1. The highest BCUT2D eigenvalue weighted by molar-refractivity contribution is 5.94. The minimum atomic E-state index is 0.000916. The van der Waals surface area contributed by atoms with E-state index in [1.54, 1.807) is 13.2 Å². The van der Waals surface area contributed by atoms with Gasteiger partial charge < -0.3 is 19.4 Å². The van der Waals surface area contributed by atoms with Gasteiger partial charge in [-0.05, 0) is 55.5 Å². The molecule has 0 spiro atoms. The zero-order valence-electron chi connectivity index (χ0n) is 19.1. The van der Waals surface area contributed by atoms with Crippen LogP contribution in [0.4, 0.5) is 5.69 Å². The Morgan fingerprint density at radius 3 is 2.47 bits per heavy atom. The molecule has 6 heteroatoms. The minimum absolute atomic E-state index is 0.000916. The second-order valence-electron chi connectivity index (χ2n) is 8.95. The van der Waals surface area contributed by atoms with Gasteiger partial charge in [0.2, 0.25) is 5.91 Å². The summed E-state index contributed by atoms with van der Waals surface area (Å²) in [6, 6.07) is 17.7. The van der Waals surface area contributed by atoms with Gasteiger partial charge in [-0.15, -0.1) is 0 Å². The van der Waals surface area contributed by atoms with Crippen LogP contribution in [0.2, 0.25) is 0 Å². The first-order chi connectivity index (χ1) is 15.5. The van der Waals surface area contributed by atoms with Crippen molar-refractivity contribution in [3.63, 3.8) is 0 Å². The second kappa shape index (κ2) is 10.1. The van der Waals surface area contributed by atoms with Gasteiger partial charge in [0.05, 0.1) is 7.11 Å². The lowest BCUT2D eigenvalue weighted by Crippen LogP contribution is -2.44. The molecule has 2 fully saturated rings. The zero-order valence-corrected chi connectivity index (χ0v) is 19.1. The van der Waals surface area contributed by atoms with Crippen molar-refractivity contribution in [1.82, 2.24) is 9.80 Å². The van der Waals surface area contributed by atoms with E-state index in [0.717, 1.165) is 38.9 Å². The summed E-state index contributed by atoms with van der Waals surface area (Å²) in [5.74, 6) is 1.41. The molecule has 2 aromatic rings. The summed E-state index contributed by atoms with van der Waals surface area (Å²) in [5.41, 5.74) is 1.90. The number of piperidine rings is 1. The van der Waals surface area contributed by atoms with Crippen molar-refractivity contribution in [2.75, 3.05) is 51.8 Å². The minimum Gasteiger partial charge on any atom is -0.497 e. The van der Waals surface area contributed by atoms with Crippen LogP contribution in [0.1, 0.15) is 29.6 Å². The molecule has 2 aliphatic rings. The highest BCUT2D eigenvalue weighted by Crippen LogP contribution is 2.26. The third-order valence-corrected chi connectivity index (χ3v) is 6.76. The maximum Gasteiger partial charge on any atom is 0.253 e. The van der Waals surface area contributed by atoms with E-state index in [4.69, 9.17) is 4.74 Å². The Bertz CT molecular complexity index is 925. The predicted octanol–water partition coefficient (Wildman–Crippen LogP) is 3.53. The maximum absolute atomic E-state index is 13.1. The number of carbonyl (C=O) groups is 2. The summed E-state index contributed by atoms with van der Waals surface area (Å²) in [6.07, 6.45) is 2.55. The molecule has 32 heavy (non-hydrogen) atoms. The second-order valence-corrected chi connectivity index (χ2v) is 8.95. The molecule has 170 valence electrons. The Kier molecular flexibility index (Phi) is 6.98. The van der Waals surface area contributed by atoms with Crippen molar-refractivity contribution in [3.8, 4) is 5.75 Å². The highest BCUT2D eigenvalue weighted by atomic mass is 16.5. The molecule has 2 aromatic carbocycles. The fourth-order valence-electron chi connectivity index (χ4n) is 4.91. The number of carbonyl (C=O) groups excluding carboxylic acids is 2. The summed E-state index contributed by atoms with van der Waals surface area (Å²) in [5, 5.41) is 0. The number of hydrogen-bond acceptors (Lipinski definition) is 4. The van der Waals surface area contributed by atoms with E-state index in [1.807, 2.05) is 41.1 Å². The van der Waals surface area contributed by atoms with Crippen LogP contribution in [-0.2, 0) is 4.79 Å². The average Bonchev–Trinajstić information content (AvgIpc) is 3.32. The van der Waals surface area contributed by atoms with Crippen molar-refractivity contribution in [3.05, 3.63) is 60.2 Å². The predicted molar refractivity (Wildman–Crippen MR) is 126 cm³/mol. The van der Waals surface area contributed by atoms with Gasteiger partial charge in [-0.25, -0.2) is 0 Å². The van der Waals surface area contributed by atoms with Crippen molar-refractivity contribution < 1.29 is 14.3 Å². The summed E-state index contributed by atoms with van der Waals surface area (Å²) in [7, 11) is 3.53. The van der Waals surface area contributed by atoms with Crippen molar-refractivity contribution in [2.45, 2.75) is 19.3 Å². The number of methoxy groups -OCH3 is 1. The van der Waals surface area contributed by atoms with Crippen LogP contribution < -0.4 is 9.64 Å². The average molecular weight is 436 g/mol. The first-order valence-corrected chi connectivity index (χ1v) is 11.5. The van der Waals surface area contributed by atoms with Crippen molar-refractivity contribution in [2.24, 2.45) is 11.8 Å². The van der Waals surface area contributed by atoms with Crippen LogP contribution >= 0.6 is 0 Å². The fraction of sp³-hybridized carbons (Fsp3) is 0.462. The Morgan fingerprint density at radius 1 is 1.00 bits per heavy atom. The summed E-state index contributed by atoms with van der Waals surface area (Å²) >= 11 is 0. The summed E-state index contributed by atoms with van der Waals surface area (Å²) in [6.45, 7) is 4.07. The van der Waals surface area contributed by atoms with Crippen LogP contribution in [0.3, 0.4) is 0 Å². The molecule has 0 aromatic heterocycles. The maximum atomic E-state index is 13.1. The largest absolute Gasteiger partial charge is 0.497 e. The number of rotatable bonds is 6. The van der Waals surface area contributed by atoms with Crippen LogP contribution in [-0.4, -0.2) is 68.5 Å². The monoisotopic (exact) mass is 435 g/mol. The molecule has 0 radical (unpaired) electrons. The van der Waals surface area contributed by atoms with Crippen LogP contribution in [0.15, 0.2) is 54.6 Å². The first-order valence-electron chi connectivity index (χ1n) is 11.5. The van der Waals surface area contributed by atoms with Gasteiger partial charge in [-0.3, -0.25) is 9.59 Å². The van der Waals surface area contributed by atoms with Gasteiger partial charge in [0, 0.05) is 56.9 Å². The number of ether oxygens (including phenoxy) is 1. The van der Waals surface area contributed by atoms with Gasteiger partial charge in [0.25, 0.3) is 5.91 Å². The standard InChI is InChI=1S/C26H33N3O3/c1-27(18-20-11-14-29(19-20)23-8-4-3-5-9-23)25(30)21-12-15-28(16-13-21)26(31)22-7-6-10-24(17-22)32-2/h3-10,17,20-21H,11-16,18-19H2,1-2H3. The van der Waals surface area contributed by atoms with Crippen molar-refractivity contribution >= 4 is 17.5 Å². The molecule has 0 aliphatic carbocycles. The molecule has 0 bridgehead atoms. The SMILES string of the molecule is COc1cccc(C(=O)N2CCC(C(=O)N(C)CC3CCN(c4ccccc4)C3)CC2)c1. The number of likely N-dealkylation sites (tertiary alicyclic amines) is 1. The number of para-hydroxylation sites is 1. The molecule has 2 saturated heterocycles. The van der Waals surface area contributed by atoms with E-state index >= 15 is 0 Å². The van der Waals surface area contributed by atoms with Crippen LogP contribution in [0.5, 0.6) is 5.75 Å². The van der Waals surface area contributed by atoms with Gasteiger partial charge >= 0.3 is 0 Å². The third-order valence-electron chi connectivity index (χ3n) is 6.76. The molecule has 2 heterocycles. The molecule has 2 amide bonds. The number of nitrogens with zero attached hydrogens (tertiary/aromatic N) is 3. The molecule has 0 N–H and O–H groups in total. The Hall–Kier alpha value is -3.02. The summed E-state index contributed by atoms with van der Waals surface area (Å²) in [4.78, 5) is 32.1. The first kappa shape index (κ1) is 22.2. The molecule has 1 unspecified atom stereocenters. The van der Waals surface area contributed by atoms with E-state index in [0.29, 0.717) is 30.3 Å². The van der Waals surface area contributed by atoms with Crippen molar-refractivity contribution in [1.29, 1.82) is 0 Å². The number of amides is 2. The highest BCUT2D eigenvalue weighted by Gasteiger charge is 2.31. The molecular weight excluding hydrogens is 402 g/mol. The molecular formula is C26H33N3O3. The number of anilines is 1. The molecule has 0 saturated carbocycles. The molecule has 6 nitrogen and oxygen atoms in total. The Balaban J connectivity index is 1.25.